The minimum atomic E-state index is -0.864. The number of nitrogens with zero attached hydrogens (tertiary/aromatic N) is 2. The first-order valence-electron chi connectivity index (χ1n) is 4.79. The van der Waals surface area contributed by atoms with Gasteiger partial charge in [0.25, 0.3) is 0 Å². The summed E-state index contributed by atoms with van der Waals surface area (Å²) in [5, 5.41) is 0. The van der Waals surface area contributed by atoms with Gasteiger partial charge in [-0.1, -0.05) is 0 Å². The number of hydrogen-bond acceptors (Lipinski definition) is 3. The Bertz CT molecular complexity index is 611. The number of fused-ring (bicyclic) bond motifs is 1. The standard InChI is InChI=1S/C10H12N4OS/c1-10(2,8(11)15)14-7-3-4-12-5-6(7)13-9(14)16/h3-5H,1-2H3,(H2,11,15)(H,13,16). The van der Waals surface area contributed by atoms with Gasteiger partial charge >= 0.3 is 0 Å². The monoisotopic (exact) mass is 236 g/mol. The number of primary amides is 1. The topological polar surface area (TPSA) is 76.7 Å². The molecule has 0 unspecified atom stereocenters. The van der Waals surface area contributed by atoms with Gasteiger partial charge in [0.2, 0.25) is 5.91 Å². The van der Waals surface area contributed by atoms with Gasteiger partial charge in [0.05, 0.1) is 17.2 Å². The van der Waals surface area contributed by atoms with E-state index in [0.717, 1.165) is 11.0 Å². The van der Waals surface area contributed by atoms with Gasteiger partial charge < -0.3 is 15.3 Å². The molecule has 0 atom stereocenters. The highest BCUT2D eigenvalue weighted by Gasteiger charge is 2.29. The van der Waals surface area contributed by atoms with Gasteiger partial charge in [-0.15, -0.1) is 0 Å². The summed E-state index contributed by atoms with van der Waals surface area (Å²) < 4.78 is 2.17. The molecule has 2 aromatic rings. The van der Waals surface area contributed by atoms with Gasteiger partial charge in [-0.3, -0.25) is 9.78 Å². The predicted molar refractivity (Wildman–Crippen MR) is 63.4 cm³/mol. The molecular weight excluding hydrogens is 224 g/mol. The summed E-state index contributed by atoms with van der Waals surface area (Å²) in [7, 11) is 0. The third-order valence-electron chi connectivity index (χ3n) is 2.65. The molecule has 0 saturated heterocycles. The van der Waals surface area contributed by atoms with Crippen molar-refractivity contribution in [2.24, 2.45) is 5.73 Å². The number of carbonyl (C=O) groups is 1. The Morgan fingerprint density at radius 2 is 2.31 bits per heavy atom. The maximum atomic E-state index is 11.4. The summed E-state index contributed by atoms with van der Waals surface area (Å²) in [5.74, 6) is -0.429. The van der Waals surface area contributed by atoms with E-state index in [0.29, 0.717) is 4.77 Å². The molecule has 0 radical (unpaired) electrons. The molecule has 0 aliphatic carbocycles. The molecule has 2 aromatic heterocycles. The Labute approximate surface area is 97.3 Å². The molecule has 2 rings (SSSR count). The molecule has 0 spiro atoms. The van der Waals surface area contributed by atoms with Gasteiger partial charge in [0.1, 0.15) is 5.54 Å². The van der Waals surface area contributed by atoms with E-state index in [2.05, 4.69) is 9.97 Å². The molecule has 6 heteroatoms. The van der Waals surface area contributed by atoms with Crippen LogP contribution in [0.2, 0.25) is 0 Å². The van der Waals surface area contributed by atoms with E-state index in [1.165, 1.54) is 0 Å². The Hall–Kier alpha value is -1.69. The van der Waals surface area contributed by atoms with Crippen LogP contribution < -0.4 is 5.73 Å². The van der Waals surface area contributed by atoms with Crippen molar-refractivity contribution in [3.8, 4) is 0 Å². The van der Waals surface area contributed by atoms with Crippen LogP contribution in [0, 0.1) is 4.77 Å². The van der Waals surface area contributed by atoms with E-state index >= 15 is 0 Å². The minimum absolute atomic E-state index is 0.429. The SMILES string of the molecule is CC(C)(C(N)=O)n1c(=S)[nH]c2cnccc21. The van der Waals surface area contributed by atoms with Gasteiger partial charge in [0.15, 0.2) is 4.77 Å². The first kappa shape index (κ1) is 10.8. The van der Waals surface area contributed by atoms with Crippen LogP contribution in [0.1, 0.15) is 13.8 Å². The van der Waals surface area contributed by atoms with Crippen LogP contribution in [0.15, 0.2) is 18.5 Å². The first-order valence-corrected chi connectivity index (χ1v) is 5.20. The Morgan fingerprint density at radius 3 is 2.94 bits per heavy atom. The molecule has 16 heavy (non-hydrogen) atoms. The molecule has 3 N–H and O–H groups in total. The fourth-order valence-electron chi connectivity index (χ4n) is 1.62. The van der Waals surface area contributed by atoms with Crippen LogP contribution >= 0.6 is 12.2 Å². The smallest absolute Gasteiger partial charge is 0.243 e. The maximum absolute atomic E-state index is 11.4. The quantitative estimate of drug-likeness (QED) is 0.772. The average Bonchev–Trinajstić information content (AvgIpc) is 2.53. The van der Waals surface area contributed by atoms with E-state index in [-0.39, 0.29) is 0 Å². The second-order valence-corrected chi connectivity index (χ2v) is 4.47. The van der Waals surface area contributed by atoms with Crippen molar-refractivity contribution in [3.63, 3.8) is 0 Å². The third kappa shape index (κ3) is 1.42. The van der Waals surface area contributed by atoms with Crippen LogP contribution in [-0.2, 0) is 10.3 Å². The molecule has 2 heterocycles. The second kappa shape index (κ2) is 3.41. The Kier molecular flexibility index (Phi) is 2.31. The van der Waals surface area contributed by atoms with Crippen LogP contribution in [0.25, 0.3) is 11.0 Å². The zero-order valence-corrected chi connectivity index (χ0v) is 9.84. The summed E-state index contributed by atoms with van der Waals surface area (Å²) in [6.07, 6.45) is 3.32. The number of amides is 1. The van der Waals surface area contributed by atoms with Gasteiger partial charge in [0, 0.05) is 6.20 Å². The Morgan fingerprint density at radius 1 is 1.62 bits per heavy atom. The molecular formula is C10H12N4OS. The van der Waals surface area contributed by atoms with Crippen molar-refractivity contribution in [1.29, 1.82) is 0 Å². The third-order valence-corrected chi connectivity index (χ3v) is 2.93. The molecule has 0 aromatic carbocycles. The van der Waals surface area contributed by atoms with Crippen molar-refractivity contribution in [2.45, 2.75) is 19.4 Å². The zero-order valence-electron chi connectivity index (χ0n) is 9.02. The highest BCUT2D eigenvalue weighted by atomic mass is 32.1. The lowest BCUT2D eigenvalue weighted by Crippen LogP contribution is -2.41. The number of pyridine rings is 1. The fraction of sp³-hybridized carbons (Fsp3) is 0.300. The van der Waals surface area contributed by atoms with E-state index in [1.807, 2.05) is 0 Å². The summed E-state index contributed by atoms with van der Waals surface area (Å²) in [4.78, 5) is 18.4. The fourth-order valence-corrected chi connectivity index (χ4v) is 2.06. The lowest BCUT2D eigenvalue weighted by atomic mass is 10.0. The van der Waals surface area contributed by atoms with Gasteiger partial charge in [-0.25, -0.2) is 0 Å². The number of aromatic amines is 1. The molecule has 5 nitrogen and oxygen atoms in total. The van der Waals surface area contributed by atoms with E-state index in [1.54, 1.807) is 36.9 Å². The average molecular weight is 236 g/mol. The second-order valence-electron chi connectivity index (χ2n) is 4.08. The summed E-state index contributed by atoms with van der Waals surface area (Å²) >= 11 is 5.19. The number of hydrogen-bond donors (Lipinski definition) is 2. The normalized spacial score (nSPS) is 11.9. The molecule has 1 amide bonds. The number of imidazole rings is 1. The highest BCUT2D eigenvalue weighted by molar-refractivity contribution is 7.71. The predicted octanol–water partition coefficient (Wildman–Crippen LogP) is 1.31. The van der Waals surface area contributed by atoms with Crippen LogP contribution in [0.4, 0.5) is 0 Å². The lowest BCUT2D eigenvalue weighted by Gasteiger charge is -2.23. The number of carbonyl (C=O) groups excluding carboxylic acids is 1. The molecule has 0 aliphatic rings. The van der Waals surface area contributed by atoms with E-state index < -0.39 is 11.4 Å². The summed E-state index contributed by atoms with van der Waals surface area (Å²) in [6.45, 7) is 3.47. The number of nitrogens with one attached hydrogen (secondary N) is 1. The zero-order chi connectivity index (χ0) is 11.9. The summed E-state index contributed by atoms with van der Waals surface area (Å²) in [6, 6.07) is 1.80. The first-order chi connectivity index (χ1) is 7.44. The van der Waals surface area contributed by atoms with Crippen LogP contribution in [0.3, 0.4) is 0 Å². The van der Waals surface area contributed by atoms with Crippen molar-refractivity contribution in [1.82, 2.24) is 14.5 Å². The van der Waals surface area contributed by atoms with E-state index in [4.69, 9.17) is 18.0 Å². The molecule has 0 saturated carbocycles. The number of aromatic nitrogens is 3. The van der Waals surface area contributed by atoms with Crippen molar-refractivity contribution in [2.75, 3.05) is 0 Å². The van der Waals surface area contributed by atoms with Gasteiger partial charge in [-0.05, 0) is 32.1 Å². The molecule has 0 fully saturated rings. The highest BCUT2D eigenvalue weighted by Crippen LogP contribution is 2.22. The van der Waals surface area contributed by atoms with Crippen LogP contribution in [0.5, 0.6) is 0 Å². The minimum Gasteiger partial charge on any atom is -0.368 e. The van der Waals surface area contributed by atoms with Crippen molar-refractivity contribution in [3.05, 3.63) is 23.2 Å². The molecule has 84 valence electrons. The largest absolute Gasteiger partial charge is 0.368 e. The number of rotatable bonds is 2. The van der Waals surface area contributed by atoms with E-state index in [9.17, 15) is 4.79 Å². The number of H-pyrrole nitrogens is 1. The van der Waals surface area contributed by atoms with Gasteiger partial charge in [-0.2, -0.15) is 0 Å². The maximum Gasteiger partial charge on any atom is 0.243 e. The number of nitrogens with two attached hydrogens (primary N) is 1. The molecule has 0 aliphatic heterocycles. The van der Waals surface area contributed by atoms with Crippen molar-refractivity contribution < 1.29 is 4.79 Å². The lowest BCUT2D eigenvalue weighted by molar-refractivity contribution is -0.124. The molecule has 0 bridgehead atoms. The van der Waals surface area contributed by atoms with Crippen LogP contribution in [-0.4, -0.2) is 20.4 Å². The summed E-state index contributed by atoms with van der Waals surface area (Å²) in [5.41, 5.74) is 6.14. The van der Waals surface area contributed by atoms with Crippen molar-refractivity contribution >= 4 is 29.2 Å². The Balaban J connectivity index is 2.83.